The second-order valence-corrected chi connectivity index (χ2v) is 7.37. The van der Waals surface area contributed by atoms with E-state index in [0.717, 1.165) is 45.4 Å². The lowest BCUT2D eigenvalue weighted by Crippen LogP contribution is -2.34. The number of carbonyl (C=O) groups excluding carboxylic acids is 1. The molecule has 126 valence electrons. The molecule has 1 N–H and O–H groups in total. The number of H-pyrrole nitrogens is 1. The van der Waals surface area contributed by atoms with Crippen LogP contribution in [0.15, 0.2) is 30.6 Å². The first-order valence-electron chi connectivity index (χ1n) is 8.86. The van der Waals surface area contributed by atoms with Crippen LogP contribution >= 0.6 is 0 Å². The van der Waals surface area contributed by atoms with E-state index in [9.17, 15) is 4.79 Å². The van der Waals surface area contributed by atoms with Crippen molar-refractivity contribution in [2.75, 3.05) is 0 Å². The van der Waals surface area contributed by atoms with Crippen molar-refractivity contribution in [3.8, 4) is 11.1 Å². The molecular formula is C20H20N4O. The van der Waals surface area contributed by atoms with Crippen molar-refractivity contribution in [2.24, 2.45) is 5.92 Å². The van der Waals surface area contributed by atoms with Gasteiger partial charge in [0.1, 0.15) is 0 Å². The Kier molecular flexibility index (Phi) is 3.02. The molecule has 5 nitrogen and oxygen atoms in total. The fourth-order valence-corrected chi connectivity index (χ4v) is 4.01. The van der Waals surface area contributed by atoms with Gasteiger partial charge in [-0.1, -0.05) is 6.07 Å². The van der Waals surface area contributed by atoms with Crippen LogP contribution in [0.3, 0.4) is 0 Å². The Hall–Kier alpha value is -2.69. The smallest absolute Gasteiger partial charge is 0.255 e. The Morgan fingerprint density at radius 1 is 1.20 bits per heavy atom. The molecule has 5 heteroatoms. The van der Waals surface area contributed by atoms with E-state index in [1.165, 1.54) is 12.8 Å². The summed E-state index contributed by atoms with van der Waals surface area (Å²) in [6.07, 6.45) is 6.15. The van der Waals surface area contributed by atoms with Crippen LogP contribution in [0.2, 0.25) is 0 Å². The van der Waals surface area contributed by atoms with Gasteiger partial charge >= 0.3 is 0 Å². The molecule has 1 aromatic carbocycles. The molecule has 0 spiro atoms. The predicted octanol–water partition coefficient (Wildman–Crippen LogP) is 3.69. The molecule has 1 atom stereocenters. The summed E-state index contributed by atoms with van der Waals surface area (Å²) in [5.41, 5.74) is 6.05. The Morgan fingerprint density at radius 3 is 2.84 bits per heavy atom. The second-order valence-electron chi connectivity index (χ2n) is 7.37. The first kappa shape index (κ1) is 14.6. The highest BCUT2D eigenvalue weighted by atomic mass is 16.2. The highest BCUT2D eigenvalue weighted by Gasteiger charge is 2.39. The minimum absolute atomic E-state index is 0.196. The summed E-state index contributed by atoms with van der Waals surface area (Å²) >= 11 is 0. The summed E-state index contributed by atoms with van der Waals surface area (Å²) in [5.74, 6) is 0.882. The normalized spacial score (nSPS) is 18.0. The lowest BCUT2D eigenvalue weighted by Gasteiger charge is -2.24. The summed E-state index contributed by atoms with van der Waals surface area (Å²) in [5, 5.41) is 7.91. The minimum atomic E-state index is 0.196. The van der Waals surface area contributed by atoms with Crippen LogP contribution < -0.4 is 0 Å². The standard InChI is InChI=1S/C20H20N4O/c1-11-5-14(15-7-16-9-22-23-19(16)21-8-15)6-17-10-24(20(25)18(11)17)12(2)13-3-4-13/h5-9,12-13H,3-4,10H2,1-2H3,(H,21,22,23)/t12-/m0/s1. The van der Waals surface area contributed by atoms with Gasteiger partial charge in [0, 0.05) is 35.3 Å². The molecule has 1 aliphatic heterocycles. The summed E-state index contributed by atoms with van der Waals surface area (Å²) in [6, 6.07) is 6.69. The van der Waals surface area contributed by atoms with Gasteiger partial charge < -0.3 is 4.90 Å². The van der Waals surface area contributed by atoms with E-state index in [0.29, 0.717) is 12.0 Å². The van der Waals surface area contributed by atoms with Gasteiger partial charge in [-0.2, -0.15) is 5.10 Å². The number of amides is 1. The Labute approximate surface area is 146 Å². The topological polar surface area (TPSA) is 61.9 Å². The van der Waals surface area contributed by atoms with E-state index in [-0.39, 0.29) is 5.91 Å². The first-order chi connectivity index (χ1) is 12.1. The van der Waals surface area contributed by atoms with Gasteiger partial charge in [0.15, 0.2) is 5.65 Å². The molecule has 0 unspecified atom stereocenters. The van der Waals surface area contributed by atoms with Gasteiger partial charge in [0.2, 0.25) is 0 Å². The summed E-state index contributed by atoms with van der Waals surface area (Å²) < 4.78 is 0. The average Bonchev–Trinajstić information content (AvgIpc) is 3.25. The monoisotopic (exact) mass is 332 g/mol. The van der Waals surface area contributed by atoms with Gasteiger partial charge in [-0.3, -0.25) is 9.89 Å². The van der Waals surface area contributed by atoms with E-state index in [1.807, 2.05) is 13.1 Å². The molecule has 25 heavy (non-hydrogen) atoms. The lowest BCUT2D eigenvalue weighted by molar-refractivity contribution is 0.0697. The number of nitrogens with zero attached hydrogens (tertiary/aromatic N) is 3. The number of aromatic amines is 1. The number of hydrogen-bond donors (Lipinski definition) is 1. The van der Waals surface area contributed by atoms with Crippen molar-refractivity contribution < 1.29 is 4.79 Å². The molecule has 1 fully saturated rings. The Balaban J connectivity index is 1.55. The average molecular weight is 332 g/mol. The zero-order chi connectivity index (χ0) is 17.1. The Bertz CT molecular complexity index is 1000. The highest BCUT2D eigenvalue weighted by Crippen LogP contribution is 2.39. The molecular weight excluding hydrogens is 312 g/mol. The second kappa shape index (κ2) is 5.15. The number of hydrogen-bond acceptors (Lipinski definition) is 3. The van der Waals surface area contributed by atoms with Gasteiger partial charge in [0.05, 0.1) is 6.20 Å². The van der Waals surface area contributed by atoms with E-state index < -0.39 is 0 Å². The van der Waals surface area contributed by atoms with Crippen LogP contribution in [-0.4, -0.2) is 32.0 Å². The molecule has 2 aromatic heterocycles. The Morgan fingerprint density at radius 2 is 2.04 bits per heavy atom. The van der Waals surface area contributed by atoms with Gasteiger partial charge in [-0.15, -0.1) is 0 Å². The third kappa shape index (κ3) is 2.26. The number of aromatic nitrogens is 3. The summed E-state index contributed by atoms with van der Waals surface area (Å²) in [6.45, 7) is 4.95. The number of pyridine rings is 1. The summed E-state index contributed by atoms with van der Waals surface area (Å²) in [7, 11) is 0. The molecule has 0 radical (unpaired) electrons. The molecule has 3 heterocycles. The first-order valence-corrected chi connectivity index (χ1v) is 8.86. The van der Waals surface area contributed by atoms with Gasteiger partial charge in [-0.05, 0) is 61.4 Å². The molecule has 1 saturated carbocycles. The number of aryl methyl sites for hydroxylation is 1. The maximum absolute atomic E-state index is 12.9. The van der Waals surface area contributed by atoms with Gasteiger partial charge in [0.25, 0.3) is 5.91 Å². The fraction of sp³-hybridized carbons (Fsp3) is 0.350. The molecule has 0 saturated heterocycles. The highest BCUT2D eigenvalue weighted by molar-refractivity contribution is 6.00. The van der Waals surface area contributed by atoms with Crippen molar-refractivity contribution in [1.82, 2.24) is 20.1 Å². The summed E-state index contributed by atoms with van der Waals surface area (Å²) in [4.78, 5) is 19.4. The SMILES string of the molecule is Cc1cc(-c2cnc3[nH]ncc3c2)cc2c1C(=O)N([C@@H](C)C1CC1)C2. The molecule has 1 amide bonds. The van der Waals surface area contributed by atoms with E-state index in [1.54, 1.807) is 6.20 Å². The number of fused-ring (bicyclic) bond motifs is 2. The third-order valence-corrected chi connectivity index (χ3v) is 5.65. The zero-order valence-corrected chi connectivity index (χ0v) is 14.4. The zero-order valence-electron chi connectivity index (χ0n) is 14.4. The van der Waals surface area contributed by atoms with Gasteiger partial charge in [-0.25, -0.2) is 4.98 Å². The molecule has 5 rings (SSSR count). The largest absolute Gasteiger partial charge is 0.331 e. The number of rotatable bonds is 3. The third-order valence-electron chi connectivity index (χ3n) is 5.65. The quantitative estimate of drug-likeness (QED) is 0.796. The van der Waals surface area contributed by atoms with E-state index in [2.05, 4.69) is 45.2 Å². The number of benzene rings is 1. The van der Waals surface area contributed by atoms with Crippen LogP contribution in [0.1, 0.15) is 41.3 Å². The maximum Gasteiger partial charge on any atom is 0.255 e. The van der Waals surface area contributed by atoms with Crippen molar-refractivity contribution in [1.29, 1.82) is 0 Å². The predicted molar refractivity (Wildman–Crippen MR) is 96.1 cm³/mol. The molecule has 2 aliphatic rings. The van der Waals surface area contributed by atoms with E-state index in [4.69, 9.17) is 0 Å². The minimum Gasteiger partial charge on any atom is -0.331 e. The fourth-order valence-electron chi connectivity index (χ4n) is 4.01. The van der Waals surface area contributed by atoms with E-state index >= 15 is 0 Å². The van der Waals surface area contributed by atoms with Crippen LogP contribution in [0.4, 0.5) is 0 Å². The molecule has 1 aliphatic carbocycles. The number of carbonyl (C=O) groups is 1. The van der Waals surface area contributed by atoms with Crippen LogP contribution in [0.25, 0.3) is 22.2 Å². The van der Waals surface area contributed by atoms with Crippen LogP contribution in [0, 0.1) is 12.8 Å². The van der Waals surface area contributed by atoms with Crippen molar-refractivity contribution in [3.05, 3.63) is 47.3 Å². The van der Waals surface area contributed by atoms with Crippen molar-refractivity contribution >= 4 is 16.9 Å². The number of nitrogens with one attached hydrogen (secondary N) is 1. The van der Waals surface area contributed by atoms with Crippen molar-refractivity contribution in [3.63, 3.8) is 0 Å². The van der Waals surface area contributed by atoms with Crippen molar-refractivity contribution in [2.45, 2.75) is 39.3 Å². The van der Waals surface area contributed by atoms with Crippen LogP contribution in [-0.2, 0) is 6.54 Å². The lowest BCUT2D eigenvalue weighted by atomic mass is 9.97. The van der Waals surface area contributed by atoms with Crippen LogP contribution in [0.5, 0.6) is 0 Å². The molecule has 3 aromatic rings. The molecule has 0 bridgehead atoms. The maximum atomic E-state index is 12.9.